The third-order valence-corrected chi connectivity index (χ3v) is 5.32. The first-order valence-electron chi connectivity index (χ1n) is 9.03. The van der Waals surface area contributed by atoms with E-state index < -0.39 is 0 Å². The van der Waals surface area contributed by atoms with Gasteiger partial charge in [-0.25, -0.2) is 4.98 Å². The van der Waals surface area contributed by atoms with Crippen molar-refractivity contribution >= 4 is 33.5 Å². The quantitative estimate of drug-likeness (QED) is 0.673. The molecule has 0 saturated carbocycles. The molecular weight excluding hydrogens is 348 g/mol. The predicted molar refractivity (Wildman–Crippen MR) is 102 cm³/mol. The molecule has 4 rings (SSSR count). The number of nitrogens with zero attached hydrogens (tertiary/aromatic N) is 4. The van der Waals surface area contributed by atoms with Gasteiger partial charge in [-0.1, -0.05) is 11.6 Å². The van der Waals surface area contributed by atoms with Gasteiger partial charge in [0.2, 0.25) is 0 Å². The molecule has 1 aliphatic heterocycles. The second kappa shape index (κ2) is 6.86. The maximum atomic E-state index is 9.29. The van der Waals surface area contributed by atoms with Crippen LogP contribution < -0.4 is 0 Å². The zero-order valence-electron chi connectivity index (χ0n) is 14.9. The standard InChI is InChI=1S/C20H21ClN4O/c1-12(10-22)7-19-24-18-11-23-17-4-3-14(21)9-16(17)20(18)25(19)15-5-6-26-13(2)8-15/h3-4,9,11-13,15H,5-8H2,1-2H3/t12?,13-,15-/m1/s1. The van der Waals surface area contributed by atoms with Crippen LogP contribution in [-0.4, -0.2) is 27.2 Å². The van der Waals surface area contributed by atoms with Crippen molar-refractivity contribution in [1.82, 2.24) is 14.5 Å². The predicted octanol–water partition coefficient (Wildman–Crippen LogP) is 4.68. The highest BCUT2D eigenvalue weighted by molar-refractivity contribution is 6.31. The molecule has 6 heteroatoms. The van der Waals surface area contributed by atoms with E-state index in [4.69, 9.17) is 21.3 Å². The summed E-state index contributed by atoms with van der Waals surface area (Å²) in [5, 5.41) is 11.0. The van der Waals surface area contributed by atoms with Crippen LogP contribution in [0.2, 0.25) is 5.02 Å². The first-order chi connectivity index (χ1) is 12.6. The Morgan fingerprint density at radius 3 is 3.04 bits per heavy atom. The molecule has 0 aliphatic carbocycles. The fourth-order valence-electron chi connectivity index (χ4n) is 3.86. The molecule has 1 unspecified atom stereocenters. The molecule has 1 aliphatic rings. The third-order valence-electron chi connectivity index (χ3n) is 5.08. The van der Waals surface area contributed by atoms with Crippen molar-refractivity contribution in [2.45, 2.75) is 45.3 Å². The first kappa shape index (κ1) is 17.3. The van der Waals surface area contributed by atoms with Crippen molar-refractivity contribution in [2.75, 3.05) is 6.61 Å². The molecule has 3 aromatic rings. The molecule has 0 amide bonds. The van der Waals surface area contributed by atoms with Gasteiger partial charge in [0.1, 0.15) is 11.3 Å². The van der Waals surface area contributed by atoms with E-state index in [-0.39, 0.29) is 12.0 Å². The molecule has 2 aromatic heterocycles. The summed E-state index contributed by atoms with van der Waals surface area (Å²) in [5.74, 6) is 0.855. The molecule has 26 heavy (non-hydrogen) atoms. The SMILES string of the molecule is CC(C#N)Cc1nc2cnc3ccc(Cl)cc3c2n1[C@@H]1CCO[C@H](C)C1. The lowest BCUT2D eigenvalue weighted by atomic mass is 10.0. The fourth-order valence-corrected chi connectivity index (χ4v) is 4.04. The van der Waals surface area contributed by atoms with Crippen molar-refractivity contribution in [3.63, 3.8) is 0 Å². The molecule has 1 saturated heterocycles. The molecular formula is C20H21ClN4O. The van der Waals surface area contributed by atoms with Gasteiger partial charge in [-0.15, -0.1) is 0 Å². The van der Waals surface area contributed by atoms with Crippen molar-refractivity contribution in [2.24, 2.45) is 5.92 Å². The van der Waals surface area contributed by atoms with Gasteiger partial charge in [-0.05, 0) is 44.9 Å². The number of rotatable bonds is 3. The molecule has 0 bridgehead atoms. The van der Waals surface area contributed by atoms with E-state index in [0.717, 1.165) is 47.2 Å². The number of benzene rings is 1. The van der Waals surface area contributed by atoms with Crippen LogP contribution in [0.5, 0.6) is 0 Å². The van der Waals surface area contributed by atoms with Gasteiger partial charge in [-0.3, -0.25) is 4.98 Å². The van der Waals surface area contributed by atoms with E-state index in [9.17, 15) is 5.26 Å². The number of ether oxygens (including phenoxy) is 1. The number of nitriles is 1. The van der Waals surface area contributed by atoms with E-state index in [1.54, 1.807) is 0 Å². The minimum Gasteiger partial charge on any atom is -0.378 e. The third kappa shape index (κ3) is 3.04. The Hall–Kier alpha value is -2.16. The average molecular weight is 369 g/mol. The van der Waals surface area contributed by atoms with E-state index in [1.807, 2.05) is 31.3 Å². The van der Waals surface area contributed by atoms with Crippen LogP contribution in [0.3, 0.4) is 0 Å². The van der Waals surface area contributed by atoms with E-state index in [0.29, 0.717) is 17.5 Å². The number of fused-ring (bicyclic) bond motifs is 3. The van der Waals surface area contributed by atoms with E-state index in [2.05, 4.69) is 22.5 Å². The van der Waals surface area contributed by atoms with Crippen LogP contribution >= 0.6 is 11.6 Å². The first-order valence-corrected chi connectivity index (χ1v) is 9.41. The smallest absolute Gasteiger partial charge is 0.111 e. The Bertz CT molecular complexity index is 1010. The minimum atomic E-state index is -0.0920. The normalized spacial score (nSPS) is 21.8. The van der Waals surface area contributed by atoms with Gasteiger partial charge < -0.3 is 9.30 Å². The number of hydrogen-bond acceptors (Lipinski definition) is 4. The molecule has 5 nitrogen and oxygen atoms in total. The number of halogens is 1. The number of imidazole rings is 1. The van der Waals surface area contributed by atoms with Gasteiger partial charge in [0.25, 0.3) is 0 Å². The van der Waals surface area contributed by atoms with Gasteiger partial charge in [0, 0.05) is 29.5 Å². The Balaban J connectivity index is 1.98. The molecule has 0 spiro atoms. The van der Waals surface area contributed by atoms with Crippen molar-refractivity contribution in [3.8, 4) is 6.07 Å². The summed E-state index contributed by atoms with van der Waals surface area (Å²) in [6, 6.07) is 8.39. The topological polar surface area (TPSA) is 63.7 Å². The van der Waals surface area contributed by atoms with Gasteiger partial charge >= 0.3 is 0 Å². The van der Waals surface area contributed by atoms with Crippen LogP contribution in [0, 0.1) is 17.2 Å². The lowest BCUT2D eigenvalue weighted by Gasteiger charge is -2.30. The summed E-state index contributed by atoms with van der Waals surface area (Å²) < 4.78 is 8.07. The molecule has 1 aromatic carbocycles. The second-order valence-corrected chi connectivity index (χ2v) is 7.58. The minimum absolute atomic E-state index is 0.0920. The number of hydrogen-bond donors (Lipinski definition) is 0. The largest absolute Gasteiger partial charge is 0.378 e. The zero-order valence-corrected chi connectivity index (χ0v) is 15.7. The van der Waals surface area contributed by atoms with Crippen molar-refractivity contribution in [3.05, 3.63) is 35.2 Å². The summed E-state index contributed by atoms with van der Waals surface area (Å²) in [4.78, 5) is 9.39. The summed E-state index contributed by atoms with van der Waals surface area (Å²) in [7, 11) is 0. The Morgan fingerprint density at radius 1 is 1.42 bits per heavy atom. The van der Waals surface area contributed by atoms with Gasteiger partial charge in [0.05, 0.1) is 35.3 Å². The van der Waals surface area contributed by atoms with Gasteiger partial charge in [0.15, 0.2) is 0 Å². The van der Waals surface area contributed by atoms with Crippen LogP contribution in [0.15, 0.2) is 24.4 Å². The summed E-state index contributed by atoms with van der Waals surface area (Å²) in [5.41, 5.74) is 2.83. The maximum absolute atomic E-state index is 9.29. The lowest BCUT2D eigenvalue weighted by Crippen LogP contribution is -2.27. The highest BCUT2D eigenvalue weighted by Gasteiger charge is 2.26. The number of aromatic nitrogens is 3. The molecule has 3 atom stereocenters. The Morgan fingerprint density at radius 2 is 2.27 bits per heavy atom. The maximum Gasteiger partial charge on any atom is 0.111 e. The lowest BCUT2D eigenvalue weighted by molar-refractivity contribution is 0.00621. The summed E-state index contributed by atoms with van der Waals surface area (Å²) in [6.07, 6.45) is 4.53. The fraction of sp³-hybridized carbons (Fsp3) is 0.450. The summed E-state index contributed by atoms with van der Waals surface area (Å²) in [6.45, 7) is 4.78. The second-order valence-electron chi connectivity index (χ2n) is 7.15. The van der Waals surface area contributed by atoms with E-state index in [1.165, 1.54) is 0 Å². The van der Waals surface area contributed by atoms with E-state index >= 15 is 0 Å². The van der Waals surface area contributed by atoms with Crippen LogP contribution in [-0.2, 0) is 11.2 Å². The average Bonchev–Trinajstić information content (AvgIpc) is 2.99. The number of pyridine rings is 1. The molecule has 1 fully saturated rings. The molecule has 134 valence electrons. The monoisotopic (exact) mass is 368 g/mol. The Labute approximate surface area is 157 Å². The highest BCUT2D eigenvalue weighted by atomic mass is 35.5. The van der Waals surface area contributed by atoms with Gasteiger partial charge in [-0.2, -0.15) is 5.26 Å². The summed E-state index contributed by atoms with van der Waals surface area (Å²) >= 11 is 6.27. The van der Waals surface area contributed by atoms with Crippen molar-refractivity contribution in [1.29, 1.82) is 5.26 Å². The van der Waals surface area contributed by atoms with Crippen LogP contribution in [0.1, 0.15) is 38.6 Å². The van der Waals surface area contributed by atoms with Crippen LogP contribution in [0.25, 0.3) is 21.9 Å². The highest BCUT2D eigenvalue weighted by Crippen LogP contribution is 2.34. The van der Waals surface area contributed by atoms with Crippen molar-refractivity contribution < 1.29 is 4.74 Å². The van der Waals surface area contributed by atoms with Crippen LogP contribution in [0.4, 0.5) is 0 Å². The molecule has 0 N–H and O–H groups in total. The molecule has 0 radical (unpaired) electrons. The molecule has 3 heterocycles. The zero-order chi connectivity index (χ0) is 18.3. The Kier molecular flexibility index (Phi) is 4.56.